The highest BCUT2D eigenvalue weighted by molar-refractivity contribution is 7.99. The summed E-state index contributed by atoms with van der Waals surface area (Å²) >= 11 is 1.90. The van der Waals surface area contributed by atoms with E-state index < -0.39 is 0 Å². The Balaban J connectivity index is 2.26. The molecule has 10 heavy (non-hydrogen) atoms. The molecular formula is C7H15NOS. The molecule has 1 aliphatic rings. The third-order valence-corrected chi connectivity index (χ3v) is 3.18. The maximum absolute atomic E-state index is 9.07. The molecule has 0 spiro atoms. The normalized spacial score (nSPS) is 36.3. The van der Waals surface area contributed by atoms with Gasteiger partial charge in [0.15, 0.2) is 0 Å². The highest BCUT2D eigenvalue weighted by Crippen LogP contribution is 2.26. The summed E-state index contributed by atoms with van der Waals surface area (Å²) in [5.41, 5.74) is 5.80. The fourth-order valence-corrected chi connectivity index (χ4v) is 2.66. The summed E-state index contributed by atoms with van der Waals surface area (Å²) in [6.07, 6.45) is 0.684. The van der Waals surface area contributed by atoms with Crippen LogP contribution in [0.3, 0.4) is 0 Å². The van der Waals surface area contributed by atoms with E-state index in [1.54, 1.807) is 0 Å². The fraction of sp³-hybridized carbons (Fsp3) is 1.00. The standard InChI is InChI=1S/C7H15NOS/c1-5(9)2-6-3-10-4-7(6)8/h5-7,9H,2-4,8H2,1H3. The summed E-state index contributed by atoms with van der Waals surface area (Å²) < 4.78 is 0. The lowest BCUT2D eigenvalue weighted by molar-refractivity contribution is 0.161. The van der Waals surface area contributed by atoms with E-state index in [0.29, 0.717) is 12.0 Å². The molecule has 0 amide bonds. The Morgan fingerprint density at radius 2 is 2.40 bits per heavy atom. The Hall–Kier alpha value is 0.270. The number of thioether (sulfide) groups is 1. The first-order chi connectivity index (χ1) is 4.70. The van der Waals surface area contributed by atoms with Crippen LogP contribution in [0.2, 0.25) is 0 Å². The van der Waals surface area contributed by atoms with Crippen LogP contribution in [-0.2, 0) is 0 Å². The van der Waals surface area contributed by atoms with Gasteiger partial charge in [-0.1, -0.05) is 0 Å². The Labute approximate surface area is 66.2 Å². The third kappa shape index (κ3) is 2.15. The second-order valence-electron chi connectivity index (χ2n) is 3.05. The van der Waals surface area contributed by atoms with Crippen LogP contribution in [0, 0.1) is 5.92 Å². The average Bonchev–Trinajstić information content (AvgIpc) is 2.15. The van der Waals surface area contributed by atoms with E-state index in [2.05, 4.69) is 0 Å². The maximum atomic E-state index is 9.07. The van der Waals surface area contributed by atoms with Crippen LogP contribution < -0.4 is 5.73 Å². The monoisotopic (exact) mass is 161 g/mol. The van der Waals surface area contributed by atoms with Crippen LogP contribution in [0.15, 0.2) is 0 Å². The predicted octanol–water partition coefficient (Wildman–Crippen LogP) is 0.448. The van der Waals surface area contributed by atoms with Crippen molar-refractivity contribution in [3.63, 3.8) is 0 Å². The van der Waals surface area contributed by atoms with Gasteiger partial charge >= 0.3 is 0 Å². The highest BCUT2D eigenvalue weighted by Gasteiger charge is 2.25. The van der Waals surface area contributed by atoms with E-state index in [9.17, 15) is 0 Å². The molecule has 2 nitrogen and oxygen atoms in total. The van der Waals surface area contributed by atoms with Crippen molar-refractivity contribution in [3.05, 3.63) is 0 Å². The molecular weight excluding hydrogens is 146 g/mol. The van der Waals surface area contributed by atoms with Crippen LogP contribution in [0.25, 0.3) is 0 Å². The zero-order valence-electron chi connectivity index (χ0n) is 6.29. The van der Waals surface area contributed by atoms with Gasteiger partial charge in [-0.05, 0) is 25.0 Å². The Bertz CT molecular complexity index is 108. The Morgan fingerprint density at radius 1 is 1.70 bits per heavy atom. The van der Waals surface area contributed by atoms with Crippen molar-refractivity contribution in [1.82, 2.24) is 0 Å². The van der Waals surface area contributed by atoms with Crippen LogP contribution in [0.1, 0.15) is 13.3 Å². The van der Waals surface area contributed by atoms with Crippen molar-refractivity contribution >= 4 is 11.8 Å². The van der Waals surface area contributed by atoms with Gasteiger partial charge in [-0.3, -0.25) is 0 Å². The van der Waals surface area contributed by atoms with Gasteiger partial charge in [-0.25, -0.2) is 0 Å². The quantitative estimate of drug-likeness (QED) is 0.618. The molecule has 1 rings (SSSR count). The molecule has 0 aromatic rings. The number of aliphatic hydroxyl groups excluding tert-OH is 1. The number of hydrogen-bond donors (Lipinski definition) is 2. The molecule has 0 bridgehead atoms. The minimum Gasteiger partial charge on any atom is -0.393 e. The number of nitrogens with two attached hydrogens (primary N) is 1. The largest absolute Gasteiger partial charge is 0.393 e. The van der Waals surface area contributed by atoms with E-state index in [4.69, 9.17) is 10.8 Å². The predicted molar refractivity (Wildman–Crippen MR) is 45.1 cm³/mol. The molecule has 0 saturated carbocycles. The molecule has 3 heteroatoms. The van der Waals surface area contributed by atoms with E-state index in [-0.39, 0.29) is 6.10 Å². The maximum Gasteiger partial charge on any atom is 0.0515 e. The molecule has 0 aromatic carbocycles. The molecule has 0 aliphatic carbocycles. The summed E-state index contributed by atoms with van der Waals surface area (Å²) in [6, 6.07) is 0.319. The molecule has 3 atom stereocenters. The van der Waals surface area contributed by atoms with E-state index >= 15 is 0 Å². The van der Waals surface area contributed by atoms with Crippen molar-refractivity contribution in [2.75, 3.05) is 11.5 Å². The number of hydrogen-bond acceptors (Lipinski definition) is 3. The zero-order chi connectivity index (χ0) is 7.56. The number of rotatable bonds is 2. The second-order valence-corrected chi connectivity index (χ2v) is 4.12. The average molecular weight is 161 g/mol. The lowest BCUT2D eigenvalue weighted by Crippen LogP contribution is -2.30. The van der Waals surface area contributed by atoms with Gasteiger partial charge in [0.2, 0.25) is 0 Å². The smallest absolute Gasteiger partial charge is 0.0515 e. The molecule has 1 aliphatic heterocycles. The van der Waals surface area contributed by atoms with Gasteiger partial charge in [0.05, 0.1) is 6.10 Å². The van der Waals surface area contributed by atoms with Gasteiger partial charge in [-0.2, -0.15) is 11.8 Å². The van der Waals surface area contributed by atoms with Crippen LogP contribution in [0.5, 0.6) is 0 Å². The first-order valence-electron chi connectivity index (χ1n) is 3.71. The van der Waals surface area contributed by atoms with Gasteiger partial charge in [-0.15, -0.1) is 0 Å². The molecule has 3 unspecified atom stereocenters. The summed E-state index contributed by atoms with van der Waals surface area (Å²) in [5, 5.41) is 9.07. The SMILES string of the molecule is CC(O)CC1CSCC1N. The summed E-state index contributed by atoms with van der Waals surface area (Å²) in [5.74, 6) is 2.74. The van der Waals surface area contributed by atoms with Gasteiger partial charge in [0.1, 0.15) is 0 Å². The van der Waals surface area contributed by atoms with Crippen LogP contribution in [0.4, 0.5) is 0 Å². The summed E-state index contributed by atoms with van der Waals surface area (Å²) in [4.78, 5) is 0. The molecule has 1 saturated heterocycles. The van der Waals surface area contributed by atoms with Crippen molar-refractivity contribution in [3.8, 4) is 0 Å². The summed E-state index contributed by atoms with van der Waals surface area (Å²) in [7, 11) is 0. The lowest BCUT2D eigenvalue weighted by Gasteiger charge is -2.15. The second kappa shape index (κ2) is 3.60. The Kier molecular flexibility index (Phi) is 3.01. The minimum atomic E-state index is -0.185. The van der Waals surface area contributed by atoms with Gasteiger partial charge in [0.25, 0.3) is 0 Å². The molecule has 1 fully saturated rings. The highest BCUT2D eigenvalue weighted by atomic mass is 32.2. The van der Waals surface area contributed by atoms with Crippen molar-refractivity contribution < 1.29 is 5.11 Å². The lowest BCUT2D eigenvalue weighted by atomic mass is 9.98. The molecule has 3 N–H and O–H groups in total. The van der Waals surface area contributed by atoms with Crippen molar-refractivity contribution in [2.45, 2.75) is 25.5 Å². The first kappa shape index (κ1) is 8.37. The molecule has 0 radical (unpaired) electrons. The number of aliphatic hydroxyl groups is 1. The summed E-state index contributed by atoms with van der Waals surface area (Å²) in [6.45, 7) is 1.83. The van der Waals surface area contributed by atoms with Crippen LogP contribution in [-0.4, -0.2) is 28.8 Å². The van der Waals surface area contributed by atoms with Crippen LogP contribution >= 0.6 is 11.8 Å². The van der Waals surface area contributed by atoms with E-state index in [1.165, 1.54) is 0 Å². The van der Waals surface area contributed by atoms with E-state index in [0.717, 1.165) is 17.9 Å². The molecule has 1 heterocycles. The minimum absolute atomic E-state index is 0.185. The first-order valence-corrected chi connectivity index (χ1v) is 4.87. The van der Waals surface area contributed by atoms with E-state index in [1.807, 2.05) is 18.7 Å². The van der Waals surface area contributed by atoms with Gasteiger partial charge in [0, 0.05) is 11.8 Å². The molecule has 0 aromatic heterocycles. The van der Waals surface area contributed by atoms with Crippen molar-refractivity contribution in [1.29, 1.82) is 0 Å². The topological polar surface area (TPSA) is 46.2 Å². The fourth-order valence-electron chi connectivity index (χ4n) is 1.30. The van der Waals surface area contributed by atoms with Crippen molar-refractivity contribution in [2.24, 2.45) is 11.7 Å². The Morgan fingerprint density at radius 3 is 2.80 bits per heavy atom. The third-order valence-electron chi connectivity index (χ3n) is 1.89. The zero-order valence-corrected chi connectivity index (χ0v) is 7.10. The van der Waals surface area contributed by atoms with Gasteiger partial charge < -0.3 is 10.8 Å². The molecule has 60 valence electrons.